The van der Waals surface area contributed by atoms with Gasteiger partial charge in [-0.1, -0.05) is 19.0 Å². The van der Waals surface area contributed by atoms with Crippen molar-refractivity contribution >= 4 is 5.84 Å². The van der Waals surface area contributed by atoms with Gasteiger partial charge in [0.2, 0.25) is 0 Å². The number of nitrogens with zero attached hydrogens (tertiary/aromatic N) is 1. The minimum absolute atomic E-state index is 0.0322. The quantitative estimate of drug-likeness (QED) is 0.200. The fraction of sp³-hybridized carbons (Fsp3) is 0.875. The average Bonchev–Trinajstić information content (AvgIpc) is 2.03. The second-order valence-corrected chi connectivity index (χ2v) is 3.83. The maximum absolute atomic E-state index is 8.74. The van der Waals surface area contributed by atoms with E-state index in [1.54, 1.807) is 0 Å². The van der Waals surface area contributed by atoms with E-state index in [9.17, 15) is 0 Å². The summed E-state index contributed by atoms with van der Waals surface area (Å²) < 4.78 is 0. The van der Waals surface area contributed by atoms with Crippen molar-refractivity contribution in [3.8, 4) is 0 Å². The third-order valence-corrected chi connectivity index (χ3v) is 1.83. The summed E-state index contributed by atoms with van der Waals surface area (Å²) in [4.78, 5) is 0. The van der Waals surface area contributed by atoms with Crippen LogP contribution in [0.25, 0.3) is 0 Å². The molecule has 13 heavy (non-hydrogen) atoms. The molecule has 0 aromatic carbocycles. The molecule has 0 amide bonds. The Hall–Kier alpha value is -0.810. The van der Waals surface area contributed by atoms with E-state index in [0.717, 1.165) is 13.0 Å². The van der Waals surface area contributed by atoms with Crippen molar-refractivity contribution in [2.24, 2.45) is 16.3 Å². The van der Waals surface area contributed by atoms with Gasteiger partial charge in [-0.05, 0) is 11.8 Å². The number of aliphatic hydroxyl groups is 1. The maximum Gasteiger partial charge on any atom is 0.153 e. The highest BCUT2D eigenvalue weighted by atomic mass is 16.4. The molecule has 0 saturated heterocycles. The van der Waals surface area contributed by atoms with E-state index in [1.807, 2.05) is 13.8 Å². The Morgan fingerprint density at radius 1 is 1.54 bits per heavy atom. The van der Waals surface area contributed by atoms with Crippen LogP contribution in [0.2, 0.25) is 0 Å². The topological polar surface area (TPSA) is 90.9 Å². The van der Waals surface area contributed by atoms with Crippen molar-refractivity contribution < 1.29 is 10.3 Å². The summed E-state index contributed by atoms with van der Waals surface area (Å²) >= 11 is 0. The molecule has 0 aromatic rings. The molecule has 0 fully saturated rings. The first kappa shape index (κ1) is 12.2. The molecule has 0 spiro atoms. The van der Waals surface area contributed by atoms with E-state index in [-0.39, 0.29) is 17.9 Å². The molecule has 0 aliphatic rings. The summed E-state index contributed by atoms with van der Waals surface area (Å²) in [5.74, 6) is 0.166. The molecule has 0 saturated carbocycles. The number of hydrogen-bond donors (Lipinski definition) is 4. The monoisotopic (exact) mass is 189 g/mol. The predicted octanol–water partition coefficient (Wildman–Crippen LogP) is -0.269. The van der Waals surface area contributed by atoms with Gasteiger partial charge in [0.1, 0.15) is 0 Å². The van der Waals surface area contributed by atoms with Crippen molar-refractivity contribution in [3.63, 3.8) is 0 Å². The first-order chi connectivity index (χ1) is 6.02. The van der Waals surface area contributed by atoms with E-state index in [0.29, 0.717) is 6.54 Å². The van der Waals surface area contributed by atoms with E-state index in [2.05, 4.69) is 10.5 Å². The van der Waals surface area contributed by atoms with Crippen molar-refractivity contribution in [3.05, 3.63) is 0 Å². The lowest BCUT2D eigenvalue weighted by Crippen LogP contribution is -2.36. The Morgan fingerprint density at radius 2 is 2.15 bits per heavy atom. The first-order valence-corrected chi connectivity index (χ1v) is 4.30. The highest BCUT2D eigenvalue weighted by Gasteiger charge is 2.16. The Labute approximate surface area is 78.6 Å². The van der Waals surface area contributed by atoms with Gasteiger partial charge < -0.3 is 21.4 Å². The molecule has 0 aliphatic carbocycles. The van der Waals surface area contributed by atoms with Gasteiger partial charge in [0.25, 0.3) is 0 Å². The first-order valence-electron chi connectivity index (χ1n) is 4.30. The molecular weight excluding hydrogens is 170 g/mol. The highest BCUT2D eigenvalue weighted by molar-refractivity contribution is 5.81. The Bertz CT molecular complexity index is 169. The molecule has 0 aliphatic heterocycles. The van der Waals surface area contributed by atoms with Gasteiger partial charge in [-0.3, -0.25) is 0 Å². The lowest BCUT2D eigenvalue weighted by Gasteiger charge is -2.23. The van der Waals surface area contributed by atoms with Crippen LogP contribution in [-0.4, -0.2) is 35.8 Å². The van der Waals surface area contributed by atoms with Gasteiger partial charge in [-0.15, -0.1) is 0 Å². The third kappa shape index (κ3) is 6.36. The van der Waals surface area contributed by atoms with Gasteiger partial charge >= 0.3 is 0 Å². The van der Waals surface area contributed by atoms with Crippen molar-refractivity contribution in [1.29, 1.82) is 0 Å². The van der Waals surface area contributed by atoms with Gasteiger partial charge in [0.15, 0.2) is 5.84 Å². The standard InChI is InChI=1S/C8H19N3O2/c1-8(2,3-4-12)6-10-5-7(9)11-13/h10,12-13H,3-6H2,1-2H3,(H2,9,11). The molecule has 5 heteroatoms. The van der Waals surface area contributed by atoms with Gasteiger partial charge in [-0.25, -0.2) is 0 Å². The smallest absolute Gasteiger partial charge is 0.153 e. The minimum atomic E-state index is 0.0322. The number of hydrogen-bond acceptors (Lipinski definition) is 4. The van der Waals surface area contributed by atoms with Crippen LogP contribution >= 0.6 is 0 Å². The summed E-state index contributed by atoms with van der Waals surface area (Å²) in [5, 5.41) is 22.9. The molecule has 0 unspecified atom stereocenters. The molecule has 0 heterocycles. The molecule has 5 N–H and O–H groups in total. The van der Waals surface area contributed by atoms with Crippen LogP contribution in [0.3, 0.4) is 0 Å². The van der Waals surface area contributed by atoms with Crippen LogP contribution in [-0.2, 0) is 0 Å². The zero-order valence-corrected chi connectivity index (χ0v) is 8.25. The van der Waals surface area contributed by atoms with Crippen LogP contribution in [0.5, 0.6) is 0 Å². The third-order valence-electron chi connectivity index (χ3n) is 1.83. The van der Waals surface area contributed by atoms with Crippen molar-refractivity contribution in [2.75, 3.05) is 19.7 Å². The predicted molar refractivity (Wildman–Crippen MR) is 51.8 cm³/mol. The summed E-state index contributed by atoms with van der Waals surface area (Å²) in [6, 6.07) is 0. The number of amidine groups is 1. The fourth-order valence-corrected chi connectivity index (χ4v) is 0.955. The molecule has 0 atom stereocenters. The Balaban J connectivity index is 3.63. The number of aliphatic hydroxyl groups excluding tert-OH is 1. The molecule has 78 valence electrons. The zero-order valence-electron chi connectivity index (χ0n) is 8.25. The summed E-state index contributed by atoms with van der Waals surface area (Å²) in [6.45, 7) is 5.36. The van der Waals surface area contributed by atoms with Crippen LogP contribution in [0.15, 0.2) is 5.16 Å². The summed E-state index contributed by atoms with van der Waals surface area (Å²) in [6.07, 6.45) is 0.732. The van der Waals surface area contributed by atoms with Crippen LogP contribution in [0.4, 0.5) is 0 Å². The Morgan fingerprint density at radius 3 is 2.62 bits per heavy atom. The van der Waals surface area contributed by atoms with Crippen molar-refractivity contribution in [2.45, 2.75) is 20.3 Å². The van der Waals surface area contributed by atoms with E-state index >= 15 is 0 Å². The van der Waals surface area contributed by atoms with Crippen LogP contribution in [0, 0.1) is 5.41 Å². The largest absolute Gasteiger partial charge is 0.409 e. The van der Waals surface area contributed by atoms with E-state index in [4.69, 9.17) is 16.0 Å². The SMILES string of the molecule is CC(C)(CCO)CNCC(N)=NO. The van der Waals surface area contributed by atoms with E-state index in [1.165, 1.54) is 0 Å². The second-order valence-electron chi connectivity index (χ2n) is 3.83. The molecule has 5 nitrogen and oxygen atoms in total. The van der Waals surface area contributed by atoms with Crippen LogP contribution < -0.4 is 11.1 Å². The lowest BCUT2D eigenvalue weighted by atomic mass is 9.90. The molecule has 0 aromatic heterocycles. The molecule has 0 radical (unpaired) electrons. The summed E-state index contributed by atoms with van der Waals surface area (Å²) in [5.41, 5.74) is 5.30. The van der Waals surface area contributed by atoms with Gasteiger partial charge in [-0.2, -0.15) is 0 Å². The van der Waals surface area contributed by atoms with Gasteiger partial charge in [0, 0.05) is 13.2 Å². The zero-order chi connectivity index (χ0) is 10.3. The van der Waals surface area contributed by atoms with Gasteiger partial charge in [0.05, 0.1) is 6.54 Å². The normalized spacial score (nSPS) is 13.3. The van der Waals surface area contributed by atoms with Crippen molar-refractivity contribution in [1.82, 2.24) is 5.32 Å². The number of nitrogens with two attached hydrogens (primary N) is 1. The maximum atomic E-state index is 8.74. The number of nitrogens with one attached hydrogen (secondary N) is 1. The van der Waals surface area contributed by atoms with Crippen LogP contribution in [0.1, 0.15) is 20.3 Å². The summed E-state index contributed by atoms with van der Waals surface area (Å²) in [7, 11) is 0. The highest BCUT2D eigenvalue weighted by Crippen LogP contribution is 2.17. The Kier molecular flexibility index (Phi) is 5.41. The van der Waals surface area contributed by atoms with E-state index < -0.39 is 0 Å². The minimum Gasteiger partial charge on any atom is -0.409 e. The number of oxime groups is 1. The molecular formula is C8H19N3O2. The fourth-order valence-electron chi connectivity index (χ4n) is 0.955. The number of rotatable bonds is 6. The second kappa shape index (κ2) is 5.77. The molecule has 0 bridgehead atoms. The average molecular weight is 189 g/mol. The lowest BCUT2D eigenvalue weighted by molar-refractivity contribution is 0.209. The molecule has 0 rings (SSSR count).